The van der Waals surface area contributed by atoms with Gasteiger partial charge < -0.3 is 4.90 Å². The van der Waals surface area contributed by atoms with Gasteiger partial charge in [0, 0.05) is 28.3 Å². The van der Waals surface area contributed by atoms with Crippen LogP contribution >= 0.6 is 0 Å². The van der Waals surface area contributed by atoms with Gasteiger partial charge in [0.15, 0.2) is 0 Å². The molecule has 0 bridgehead atoms. The Morgan fingerprint density at radius 3 is 1.69 bits per heavy atom. The highest BCUT2D eigenvalue weighted by atomic mass is 15.1. The first kappa shape index (κ1) is 31.5. The first-order chi connectivity index (χ1) is 26.8. The summed E-state index contributed by atoms with van der Waals surface area (Å²) in [5.41, 5.74) is 12.2. The molecule has 0 aliphatic carbocycles. The van der Waals surface area contributed by atoms with Crippen molar-refractivity contribution in [1.29, 1.82) is 0 Å². The fraction of sp³-hybridized carbons (Fsp3) is 0. The van der Waals surface area contributed by atoms with Gasteiger partial charge in [0.25, 0.3) is 0 Å². The number of hydrogen-bond donors (Lipinski definition) is 0. The van der Waals surface area contributed by atoms with Crippen molar-refractivity contribution >= 4 is 49.6 Å². The number of rotatable bonds is 7. The normalized spacial score (nSPS) is 11.3. The van der Waals surface area contributed by atoms with E-state index in [0.29, 0.717) is 0 Å². The molecule has 1 aromatic heterocycles. The highest BCUT2D eigenvalue weighted by molar-refractivity contribution is 5.98. The van der Waals surface area contributed by atoms with E-state index >= 15 is 0 Å². The Morgan fingerprint density at radius 2 is 0.944 bits per heavy atom. The van der Waals surface area contributed by atoms with Crippen molar-refractivity contribution in [2.75, 3.05) is 4.90 Å². The molecule has 0 unspecified atom stereocenters. The maximum atomic E-state index is 5.25. The van der Waals surface area contributed by atoms with Crippen molar-refractivity contribution in [3.05, 3.63) is 212 Å². The van der Waals surface area contributed by atoms with Gasteiger partial charge in [-0.25, -0.2) is 4.98 Å². The van der Waals surface area contributed by atoms with Crippen LogP contribution in [0.1, 0.15) is 0 Å². The lowest BCUT2D eigenvalue weighted by Gasteiger charge is -2.26. The van der Waals surface area contributed by atoms with Gasteiger partial charge in [-0.05, 0) is 117 Å². The molecule has 0 radical (unpaired) electrons. The third-order valence-electron chi connectivity index (χ3n) is 10.4. The second-order valence-corrected chi connectivity index (χ2v) is 13.7. The number of hydrogen-bond acceptors (Lipinski definition) is 2. The molecule has 3 heteroatoms. The summed E-state index contributed by atoms with van der Waals surface area (Å²) in [5, 5.41) is 4.88. The summed E-state index contributed by atoms with van der Waals surface area (Å²) in [5.74, 6) is 0.912. The smallest absolute Gasteiger partial charge is 0.145 e. The fourth-order valence-corrected chi connectivity index (χ4v) is 7.72. The molecule has 0 fully saturated rings. The maximum absolute atomic E-state index is 5.25. The van der Waals surface area contributed by atoms with Crippen LogP contribution in [0.15, 0.2) is 212 Å². The van der Waals surface area contributed by atoms with Crippen molar-refractivity contribution in [1.82, 2.24) is 9.55 Å². The van der Waals surface area contributed by atoms with Crippen LogP contribution in [0.3, 0.4) is 0 Å². The van der Waals surface area contributed by atoms with Crippen LogP contribution in [0.5, 0.6) is 0 Å². The van der Waals surface area contributed by atoms with Gasteiger partial charge in [-0.15, -0.1) is 0 Å². The quantitative estimate of drug-likeness (QED) is 0.166. The average molecular weight is 690 g/mol. The molecule has 0 spiro atoms. The van der Waals surface area contributed by atoms with E-state index in [9.17, 15) is 0 Å². The second-order valence-electron chi connectivity index (χ2n) is 13.7. The number of fused-ring (bicyclic) bond motifs is 3. The van der Waals surface area contributed by atoms with Gasteiger partial charge in [0.05, 0.1) is 11.0 Å². The average Bonchev–Trinajstić information content (AvgIpc) is 3.62. The van der Waals surface area contributed by atoms with Gasteiger partial charge >= 0.3 is 0 Å². The number of anilines is 3. The molecule has 9 aromatic carbocycles. The molecule has 0 saturated carbocycles. The summed E-state index contributed by atoms with van der Waals surface area (Å²) >= 11 is 0. The van der Waals surface area contributed by atoms with Crippen molar-refractivity contribution in [3.63, 3.8) is 0 Å². The van der Waals surface area contributed by atoms with Gasteiger partial charge in [-0.2, -0.15) is 0 Å². The van der Waals surface area contributed by atoms with E-state index in [1.54, 1.807) is 0 Å². The summed E-state index contributed by atoms with van der Waals surface area (Å²) in [6.07, 6.45) is 0. The van der Waals surface area contributed by atoms with E-state index in [4.69, 9.17) is 4.98 Å². The molecule has 0 N–H and O–H groups in total. The molecule has 0 amide bonds. The number of nitrogens with zero attached hydrogens (tertiary/aromatic N) is 3. The maximum Gasteiger partial charge on any atom is 0.145 e. The third-order valence-corrected chi connectivity index (χ3v) is 10.4. The SMILES string of the molecule is c1ccc(-c2cccc(N(c3ccc(-c4cccc5ccccc45)cc3)c3ccc(-c4nc5cc6ccccc6cc5n4-c4ccccc4)cc3)c2)cc1. The predicted molar refractivity (Wildman–Crippen MR) is 227 cm³/mol. The summed E-state index contributed by atoms with van der Waals surface area (Å²) in [7, 11) is 0. The minimum Gasteiger partial charge on any atom is -0.310 e. The topological polar surface area (TPSA) is 21.1 Å². The molecule has 10 aromatic rings. The van der Waals surface area contributed by atoms with Crippen LogP contribution in [-0.2, 0) is 0 Å². The molecule has 254 valence electrons. The number of benzene rings is 9. The largest absolute Gasteiger partial charge is 0.310 e. The summed E-state index contributed by atoms with van der Waals surface area (Å²) in [6, 6.07) is 75.8. The van der Waals surface area contributed by atoms with E-state index < -0.39 is 0 Å². The van der Waals surface area contributed by atoms with Crippen LogP contribution in [0.4, 0.5) is 17.1 Å². The third kappa shape index (κ3) is 5.69. The molecule has 3 nitrogen and oxygen atoms in total. The zero-order valence-corrected chi connectivity index (χ0v) is 29.5. The Labute approximate surface area is 314 Å². The van der Waals surface area contributed by atoms with E-state index in [0.717, 1.165) is 45.2 Å². The highest BCUT2D eigenvalue weighted by Crippen LogP contribution is 2.40. The van der Waals surface area contributed by atoms with Crippen LogP contribution in [0.25, 0.3) is 71.9 Å². The predicted octanol–water partition coefficient (Wildman–Crippen LogP) is 13.8. The van der Waals surface area contributed by atoms with E-state index in [1.165, 1.54) is 43.8 Å². The summed E-state index contributed by atoms with van der Waals surface area (Å²) < 4.78 is 2.28. The summed E-state index contributed by atoms with van der Waals surface area (Å²) in [4.78, 5) is 7.60. The van der Waals surface area contributed by atoms with Crippen LogP contribution in [0, 0.1) is 0 Å². The van der Waals surface area contributed by atoms with Crippen molar-refractivity contribution in [2.45, 2.75) is 0 Å². The van der Waals surface area contributed by atoms with Crippen molar-refractivity contribution in [2.24, 2.45) is 0 Å². The molecular weight excluding hydrogens is 655 g/mol. The lowest BCUT2D eigenvalue weighted by Crippen LogP contribution is -2.10. The highest BCUT2D eigenvalue weighted by Gasteiger charge is 2.18. The number of para-hydroxylation sites is 1. The molecule has 1 heterocycles. The van der Waals surface area contributed by atoms with Crippen LogP contribution < -0.4 is 4.90 Å². The van der Waals surface area contributed by atoms with Crippen LogP contribution in [-0.4, -0.2) is 9.55 Å². The van der Waals surface area contributed by atoms with Gasteiger partial charge in [0.1, 0.15) is 5.82 Å². The minimum atomic E-state index is 0.912. The van der Waals surface area contributed by atoms with E-state index in [-0.39, 0.29) is 0 Å². The molecule has 10 rings (SSSR count). The first-order valence-electron chi connectivity index (χ1n) is 18.4. The zero-order valence-electron chi connectivity index (χ0n) is 29.5. The Bertz CT molecular complexity index is 2900. The van der Waals surface area contributed by atoms with Gasteiger partial charge in [-0.3, -0.25) is 4.57 Å². The monoisotopic (exact) mass is 689 g/mol. The molecule has 0 aliphatic heterocycles. The Balaban J connectivity index is 1.09. The Hall–Kier alpha value is -7.23. The molecular formula is C51H35N3. The zero-order chi connectivity index (χ0) is 35.8. The lowest BCUT2D eigenvalue weighted by atomic mass is 9.98. The standard InChI is InChI=1S/C51H35N3/c1-3-13-36(14-4-1)40-19-11-22-46(33-40)53(44-29-25-38(26-30-44)48-24-12-18-37-15-9-10-23-47(37)48)45-31-27-39(28-32-45)51-52-49-34-41-16-7-8-17-42(41)35-50(49)54(51)43-20-5-2-6-21-43/h1-35H. The first-order valence-corrected chi connectivity index (χ1v) is 18.4. The lowest BCUT2D eigenvalue weighted by molar-refractivity contribution is 1.10. The van der Waals surface area contributed by atoms with Gasteiger partial charge in [0.2, 0.25) is 0 Å². The molecule has 0 atom stereocenters. The number of imidazole rings is 1. The van der Waals surface area contributed by atoms with E-state index in [1.807, 2.05) is 0 Å². The van der Waals surface area contributed by atoms with Gasteiger partial charge in [-0.1, -0.05) is 140 Å². The van der Waals surface area contributed by atoms with Crippen LogP contribution in [0.2, 0.25) is 0 Å². The summed E-state index contributed by atoms with van der Waals surface area (Å²) in [6.45, 7) is 0. The number of aromatic nitrogens is 2. The molecule has 0 aliphatic rings. The Kier molecular flexibility index (Phi) is 7.81. The van der Waals surface area contributed by atoms with Crippen molar-refractivity contribution < 1.29 is 0 Å². The fourth-order valence-electron chi connectivity index (χ4n) is 7.72. The Morgan fingerprint density at radius 1 is 0.370 bits per heavy atom. The van der Waals surface area contributed by atoms with Crippen molar-refractivity contribution in [3.8, 4) is 39.3 Å². The van der Waals surface area contributed by atoms with E-state index in [2.05, 4.69) is 222 Å². The second kappa shape index (κ2) is 13.4. The molecule has 0 saturated heterocycles. The minimum absolute atomic E-state index is 0.912. The molecule has 54 heavy (non-hydrogen) atoms.